The summed E-state index contributed by atoms with van der Waals surface area (Å²) in [6.07, 6.45) is 59.3. The Morgan fingerprint density at radius 3 is 1.32 bits per heavy atom. The lowest BCUT2D eigenvalue weighted by molar-refractivity contribution is -0.163. The fourth-order valence-corrected chi connectivity index (χ4v) is 6.24. The fourth-order valence-electron chi connectivity index (χ4n) is 6.24. The summed E-state index contributed by atoms with van der Waals surface area (Å²) in [7, 11) is 0. The molecule has 1 atom stereocenters. The van der Waals surface area contributed by atoms with Gasteiger partial charge in [-0.2, -0.15) is 0 Å². The van der Waals surface area contributed by atoms with Crippen molar-refractivity contribution in [2.75, 3.05) is 19.8 Å². The minimum atomic E-state index is -0.546. The predicted molar refractivity (Wildman–Crippen MR) is 242 cm³/mol. The molecule has 0 aromatic carbocycles. The third-order valence-corrected chi connectivity index (χ3v) is 9.73. The van der Waals surface area contributed by atoms with Crippen molar-refractivity contribution < 1.29 is 23.8 Å². The molecular weight excluding hydrogens is 693 g/mol. The highest BCUT2D eigenvalue weighted by atomic mass is 16.6. The Bertz CT molecular complexity index is 1020. The van der Waals surface area contributed by atoms with E-state index in [2.05, 4.69) is 93.7 Å². The molecule has 56 heavy (non-hydrogen) atoms. The Balaban J connectivity index is 4.10. The Morgan fingerprint density at radius 2 is 0.804 bits per heavy atom. The van der Waals surface area contributed by atoms with Gasteiger partial charge in [0.1, 0.15) is 6.61 Å². The van der Waals surface area contributed by atoms with E-state index in [4.69, 9.17) is 14.2 Å². The number of carbonyl (C=O) groups excluding carboxylic acids is 2. The molecule has 0 spiro atoms. The highest BCUT2D eigenvalue weighted by Crippen LogP contribution is 2.13. The van der Waals surface area contributed by atoms with Gasteiger partial charge in [-0.05, 0) is 89.9 Å². The van der Waals surface area contributed by atoms with Crippen LogP contribution in [-0.4, -0.2) is 37.9 Å². The molecule has 0 fully saturated rings. The van der Waals surface area contributed by atoms with Crippen molar-refractivity contribution in [3.8, 4) is 0 Å². The number of ether oxygens (including phenoxy) is 3. The number of allylic oxidation sites excluding steroid dienone is 12. The first-order valence-electron chi connectivity index (χ1n) is 23.5. The normalized spacial score (nSPS) is 12.8. The number of unbranched alkanes of at least 4 members (excludes halogenated alkanes) is 19. The minimum absolute atomic E-state index is 0.0708. The Morgan fingerprint density at radius 1 is 0.411 bits per heavy atom. The van der Waals surface area contributed by atoms with E-state index in [1.807, 2.05) is 0 Å². The molecule has 0 heterocycles. The van der Waals surface area contributed by atoms with Gasteiger partial charge in [0.2, 0.25) is 0 Å². The van der Waals surface area contributed by atoms with Crippen molar-refractivity contribution in [3.05, 3.63) is 72.9 Å². The molecule has 1 unspecified atom stereocenters. The van der Waals surface area contributed by atoms with Crippen LogP contribution in [0.25, 0.3) is 0 Å². The molecule has 5 heteroatoms. The molecule has 0 saturated carbocycles. The topological polar surface area (TPSA) is 61.8 Å². The van der Waals surface area contributed by atoms with E-state index < -0.39 is 6.10 Å². The number of hydrogen-bond donors (Lipinski definition) is 0. The molecule has 0 aliphatic carbocycles. The first-order chi connectivity index (χ1) is 27.6. The monoisotopic (exact) mass is 781 g/mol. The minimum Gasteiger partial charge on any atom is -0.462 e. The zero-order valence-corrected chi connectivity index (χ0v) is 36.9. The summed E-state index contributed by atoms with van der Waals surface area (Å²) in [5.74, 6) is -0.431. The van der Waals surface area contributed by atoms with Crippen molar-refractivity contribution in [3.63, 3.8) is 0 Å². The van der Waals surface area contributed by atoms with Crippen LogP contribution in [0.2, 0.25) is 0 Å². The SMILES string of the molecule is CC/C=C\C/C=C\C/C=C\C/C=C\CCCCCCCOCC(COC(=O)CCCCCCCCC/C=C\C/C=C\CCCCC)OC(=O)CCCCCCC. The molecule has 0 aliphatic rings. The summed E-state index contributed by atoms with van der Waals surface area (Å²) in [5, 5.41) is 0. The van der Waals surface area contributed by atoms with Crippen LogP contribution in [-0.2, 0) is 23.8 Å². The third-order valence-electron chi connectivity index (χ3n) is 9.73. The summed E-state index contributed by atoms with van der Waals surface area (Å²) in [4.78, 5) is 25.0. The Hall–Kier alpha value is -2.66. The van der Waals surface area contributed by atoms with Crippen molar-refractivity contribution in [2.24, 2.45) is 0 Å². The quantitative estimate of drug-likeness (QED) is 0.0351. The molecule has 0 bridgehead atoms. The first-order valence-corrected chi connectivity index (χ1v) is 23.5. The molecule has 0 aromatic heterocycles. The van der Waals surface area contributed by atoms with E-state index in [1.54, 1.807) is 0 Å². The number of carbonyl (C=O) groups is 2. The lowest BCUT2D eigenvalue weighted by Crippen LogP contribution is -2.30. The van der Waals surface area contributed by atoms with Crippen molar-refractivity contribution >= 4 is 11.9 Å². The van der Waals surface area contributed by atoms with E-state index >= 15 is 0 Å². The molecule has 0 N–H and O–H groups in total. The van der Waals surface area contributed by atoms with Crippen LogP contribution in [0.5, 0.6) is 0 Å². The summed E-state index contributed by atoms with van der Waals surface area (Å²) in [5.41, 5.74) is 0. The van der Waals surface area contributed by atoms with Crippen LogP contribution in [0.3, 0.4) is 0 Å². The van der Waals surface area contributed by atoms with Gasteiger partial charge in [0, 0.05) is 19.4 Å². The maximum Gasteiger partial charge on any atom is 0.306 e. The zero-order chi connectivity index (χ0) is 40.7. The van der Waals surface area contributed by atoms with Gasteiger partial charge in [0.25, 0.3) is 0 Å². The molecule has 0 amide bonds. The number of hydrogen-bond acceptors (Lipinski definition) is 5. The van der Waals surface area contributed by atoms with E-state index in [-0.39, 0.29) is 25.2 Å². The maximum atomic E-state index is 12.5. The summed E-state index contributed by atoms with van der Waals surface area (Å²) >= 11 is 0. The van der Waals surface area contributed by atoms with Gasteiger partial charge in [-0.1, -0.05) is 184 Å². The van der Waals surface area contributed by atoms with E-state index in [9.17, 15) is 9.59 Å². The van der Waals surface area contributed by atoms with Gasteiger partial charge in [-0.25, -0.2) is 0 Å². The van der Waals surface area contributed by atoms with Crippen molar-refractivity contribution in [1.82, 2.24) is 0 Å². The average Bonchev–Trinajstić information content (AvgIpc) is 3.20. The lowest BCUT2D eigenvalue weighted by atomic mass is 10.1. The molecule has 0 radical (unpaired) electrons. The predicted octanol–water partition coefficient (Wildman–Crippen LogP) is 15.6. The highest BCUT2D eigenvalue weighted by Gasteiger charge is 2.17. The second-order valence-corrected chi connectivity index (χ2v) is 15.3. The summed E-state index contributed by atoms with van der Waals surface area (Å²) < 4.78 is 17.2. The maximum absolute atomic E-state index is 12.5. The molecule has 0 saturated heterocycles. The largest absolute Gasteiger partial charge is 0.462 e. The van der Waals surface area contributed by atoms with E-state index in [0.29, 0.717) is 19.4 Å². The molecule has 0 aliphatic heterocycles. The molecule has 322 valence electrons. The smallest absolute Gasteiger partial charge is 0.306 e. The third kappa shape index (κ3) is 44.1. The van der Waals surface area contributed by atoms with E-state index in [0.717, 1.165) is 89.9 Å². The second-order valence-electron chi connectivity index (χ2n) is 15.3. The van der Waals surface area contributed by atoms with Crippen LogP contribution in [0.4, 0.5) is 0 Å². The fraction of sp³-hybridized carbons (Fsp3) is 0.725. The van der Waals surface area contributed by atoms with Gasteiger partial charge < -0.3 is 14.2 Å². The van der Waals surface area contributed by atoms with Gasteiger partial charge >= 0.3 is 11.9 Å². The van der Waals surface area contributed by atoms with Gasteiger partial charge in [-0.3, -0.25) is 9.59 Å². The summed E-state index contributed by atoms with van der Waals surface area (Å²) in [6, 6.07) is 0. The number of rotatable bonds is 42. The van der Waals surface area contributed by atoms with Crippen LogP contribution in [0.15, 0.2) is 72.9 Å². The first kappa shape index (κ1) is 53.3. The van der Waals surface area contributed by atoms with Crippen LogP contribution in [0.1, 0.15) is 213 Å². The molecule has 0 rings (SSSR count). The molecule has 5 nitrogen and oxygen atoms in total. The van der Waals surface area contributed by atoms with Gasteiger partial charge in [0.15, 0.2) is 6.10 Å². The highest BCUT2D eigenvalue weighted by molar-refractivity contribution is 5.70. The summed E-state index contributed by atoms with van der Waals surface area (Å²) in [6.45, 7) is 7.57. The van der Waals surface area contributed by atoms with Crippen molar-refractivity contribution in [2.45, 2.75) is 219 Å². The van der Waals surface area contributed by atoms with Gasteiger partial charge in [-0.15, -0.1) is 0 Å². The average molecular weight is 781 g/mol. The zero-order valence-electron chi connectivity index (χ0n) is 36.9. The Labute approximate surface area is 347 Å². The van der Waals surface area contributed by atoms with E-state index in [1.165, 1.54) is 89.9 Å². The van der Waals surface area contributed by atoms with Gasteiger partial charge in [0.05, 0.1) is 6.61 Å². The van der Waals surface area contributed by atoms with Crippen LogP contribution in [0, 0.1) is 0 Å². The van der Waals surface area contributed by atoms with Crippen LogP contribution < -0.4 is 0 Å². The second kappa shape index (κ2) is 46.7. The lowest BCUT2D eigenvalue weighted by Gasteiger charge is -2.18. The van der Waals surface area contributed by atoms with Crippen molar-refractivity contribution in [1.29, 1.82) is 0 Å². The molecular formula is C51H88O5. The number of esters is 2. The molecule has 0 aromatic rings. The van der Waals surface area contributed by atoms with Crippen LogP contribution >= 0.6 is 0 Å². The Kier molecular flexibility index (Phi) is 44.5. The standard InChI is InChI=1S/C51H88O5/c1-4-7-10-13-15-17-19-21-23-25-27-29-31-33-35-37-40-43-46-54-47-49(56-51(53)45-42-38-12-9-6-3)48-55-50(52)44-41-39-36-34-32-30-28-26-24-22-20-18-16-14-11-8-5-2/h7,10,15-18,21-24,27,29,49H,4-6,8-9,11-14,19-20,25-26,28,30-48H2,1-3H3/b10-7-,17-15-,18-16-,23-21-,24-22-,29-27-.